The van der Waals surface area contributed by atoms with Crippen LogP contribution in [0.5, 0.6) is 0 Å². The molecule has 0 bridgehead atoms. The first kappa shape index (κ1) is 20.3. The quantitative estimate of drug-likeness (QED) is 0.703. The fourth-order valence-electron chi connectivity index (χ4n) is 2.21. The van der Waals surface area contributed by atoms with Crippen LogP contribution in [0.15, 0.2) is 60.0 Å². The van der Waals surface area contributed by atoms with E-state index in [4.69, 9.17) is 23.2 Å². The molecule has 1 N–H and O–H groups in total. The molecule has 0 aliphatic rings. The van der Waals surface area contributed by atoms with Crippen molar-refractivity contribution in [3.8, 4) is 0 Å². The fraction of sp³-hybridized carbons (Fsp3) is 0.167. The summed E-state index contributed by atoms with van der Waals surface area (Å²) >= 11 is 12.0. The molecule has 2 rings (SSSR count). The minimum absolute atomic E-state index is 0.0655. The molecule has 0 fully saturated rings. The molecule has 26 heavy (non-hydrogen) atoms. The Morgan fingerprint density at radius 2 is 1.73 bits per heavy atom. The normalized spacial score (nSPS) is 11.0. The number of amides is 1. The molecule has 8 heteroatoms. The van der Waals surface area contributed by atoms with Gasteiger partial charge in [-0.2, -0.15) is 0 Å². The molecule has 0 aliphatic carbocycles. The van der Waals surface area contributed by atoms with Gasteiger partial charge in [-0.1, -0.05) is 47.0 Å². The third kappa shape index (κ3) is 5.00. The lowest BCUT2D eigenvalue weighted by atomic mass is 10.2. The highest BCUT2D eigenvalue weighted by Gasteiger charge is 2.27. The van der Waals surface area contributed by atoms with Crippen molar-refractivity contribution in [1.82, 2.24) is 5.32 Å². The fourth-order valence-corrected chi connectivity index (χ4v) is 4.13. The Balaban J connectivity index is 2.49. The Hall–Kier alpha value is -2.02. The van der Waals surface area contributed by atoms with Crippen LogP contribution in [0.25, 0.3) is 0 Å². The highest BCUT2D eigenvalue weighted by Crippen LogP contribution is 2.29. The third-order valence-electron chi connectivity index (χ3n) is 3.48. The van der Waals surface area contributed by atoms with Gasteiger partial charge in [0.1, 0.15) is 6.54 Å². The second-order valence-corrected chi connectivity index (χ2v) is 8.28. The third-order valence-corrected chi connectivity index (χ3v) is 5.70. The van der Waals surface area contributed by atoms with Crippen LogP contribution in [0.2, 0.25) is 10.0 Å². The first-order chi connectivity index (χ1) is 12.2. The lowest BCUT2D eigenvalue weighted by Crippen LogP contribution is -2.41. The number of rotatable bonds is 7. The lowest BCUT2D eigenvalue weighted by Gasteiger charge is -2.24. The molecule has 0 aromatic heterocycles. The summed E-state index contributed by atoms with van der Waals surface area (Å²) in [6, 6.07) is 10.7. The topological polar surface area (TPSA) is 66.5 Å². The molecule has 5 nitrogen and oxygen atoms in total. The number of anilines is 1. The molecule has 1 amide bonds. The van der Waals surface area contributed by atoms with E-state index in [1.165, 1.54) is 36.4 Å². The summed E-state index contributed by atoms with van der Waals surface area (Å²) in [6.07, 6.45) is 1.51. The van der Waals surface area contributed by atoms with E-state index in [-0.39, 0.29) is 27.2 Å². The van der Waals surface area contributed by atoms with Gasteiger partial charge in [0, 0.05) is 16.6 Å². The molecule has 0 saturated carbocycles. The average Bonchev–Trinajstić information content (AvgIpc) is 2.57. The van der Waals surface area contributed by atoms with E-state index < -0.39 is 22.5 Å². The number of hydrogen-bond donors (Lipinski definition) is 1. The Morgan fingerprint density at radius 1 is 1.15 bits per heavy atom. The monoisotopic (exact) mass is 412 g/mol. The Morgan fingerprint density at radius 3 is 2.27 bits per heavy atom. The van der Waals surface area contributed by atoms with Crippen molar-refractivity contribution in [3.05, 3.63) is 70.7 Å². The molecule has 0 spiro atoms. The maximum absolute atomic E-state index is 13.1. The maximum atomic E-state index is 13.1. The van der Waals surface area contributed by atoms with E-state index in [1.54, 1.807) is 12.1 Å². The van der Waals surface area contributed by atoms with E-state index in [0.29, 0.717) is 0 Å². The van der Waals surface area contributed by atoms with Gasteiger partial charge in [-0.05, 0) is 37.3 Å². The van der Waals surface area contributed by atoms with Crippen molar-refractivity contribution in [2.75, 3.05) is 17.4 Å². The second kappa shape index (κ2) is 8.58. The molecule has 0 heterocycles. The predicted molar refractivity (Wildman–Crippen MR) is 105 cm³/mol. The molecular formula is C18H18Cl2N2O3S. The number of nitrogens with one attached hydrogen (secondary N) is 1. The van der Waals surface area contributed by atoms with E-state index in [9.17, 15) is 13.2 Å². The van der Waals surface area contributed by atoms with E-state index in [2.05, 4.69) is 11.9 Å². The van der Waals surface area contributed by atoms with Gasteiger partial charge in [-0.3, -0.25) is 9.10 Å². The first-order valence-electron chi connectivity index (χ1n) is 7.67. The van der Waals surface area contributed by atoms with Crippen molar-refractivity contribution in [2.45, 2.75) is 11.8 Å². The molecule has 2 aromatic carbocycles. The largest absolute Gasteiger partial charge is 0.351 e. The number of carbonyl (C=O) groups excluding carboxylic acids is 1. The molecule has 0 unspecified atom stereocenters. The second-order valence-electron chi connectivity index (χ2n) is 5.55. The number of nitrogens with zero attached hydrogens (tertiary/aromatic N) is 1. The zero-order valence-corrected chi connectivity index (χ0v) is 16.4. The van der Waals surface area contributed by atoms with Gasteiger partial charge in [0.15, 0.2) is 0 Å². The summed E-state index contributed by atoms with van der Waals surface area (Å²) < 4.78 is 27.2. The highest BCUT2D eigenvalue weighted by atomic mass is 35.5. The number of carbonyl (C=O) groups is 1. The summed E-state index contributed by atoms with van der Waals surface area (Å²) in [4.78, 5) is 12.2. The van der Waals surface area contributed by atoms with Gasteiger partial charge in [0.25, 0.3) is 10.0 Å². The Bertz CT molecular complexity index is 892. The van der Waals surface area contributed by atoms with Crippen LogP contribution >= 0.6 is 23.2 Å². The van der Waals surface area contributed by atoms with Gasteiger partial charge >= 0.3 is 0 Å². The molecular weight excluding hydrogens is 395 g/mol. The van der Waals surface area contributed by atoms with Crippen LogP contribution in [0.1, 0.15) is 5.56 Å². The SMILES string of the molecule is C=CCNC(=O)CN(c1cc(Cl)cc(Cl)c1)S(=O)(=O)c1ccc(C)cc1. The summed E-state index contributed by atoms with van der Waals surface area (Å²) in [6.45, 7) is 5.18. The smallest absolute Gasteiger partial charge is 0.264 e. The zero-order chi connectivity index (χ0) is 19.3. The van der Waals surface area contributed by atoms with Crippen LogP contribution in [0, 0.1) is 6.92 Å². The summed E-state index contributed by atoms with van der Waals surface area (Å²) in [7, 11) is -4.00. The minimum Gasteiger partial charge on any atom is -0.351 e. The van der Waals surface area contributed by atoms with Gasteiger partial charge in [0.05, 0.1) is 10.6 Å². The molecule has 0 saturated heterocycles. The predicted octanol–water partition coefficient (Wildman–Crippen LogP) is 3.80. The average molecular weight is 413 g/mol. The first-order valence-corrected chi connectivity index (χ1v) is 9.86. The summed E-state index contributed by atoms with van der Waals surface area (Å²) in [5.74, 6) is -0.475. The molecule has 0 aliphatic heterocycles. The molecule has 2 aromatic rings. The van der Waals surface area contributed by atoms with Crippen LogP contribution in [0.3, 0.4) is 0 Å². The van der Waals surface area contributed by atoms with Gasteiger partial charge in [-0.25, -0.2) is 8.42 Å². The van der Waals surface area contributed by atoms with Crippen molar-refractivity contribution in [3.63, 3.8) is 0 Å². The van der Waals surface area contributed by atoms with Gasteiger partial charge in [-0.15, -0.1) is 6.58 Å². The number of aryl methyl sites for hydroxylation is 1. The minimum atomic E-state index is -4.00. The van der Waals surface area contributed by atoms with Crippen LogP contribution in [-0.4, -0.2) is 27.4 Å². The number of sulfonamides is 1. The van der Waals surface area contributed by atoms with E-state index in [0.717, 1.165) is 9.87 Å². The van der Waals surface area contributed by atoms with Crippen molar-refractivity contribution < 1.29 is 13.2 Å². The van der Waals surface area contributed by atoms with Crippen LogP contribution in [0.4, 0.5) is 5.69 Å². The van der Waals surface area contributed by atoms with E-state index >= 15 is 0 Å². The van der Waals surface area contributed by atoms with Crippen LogP contribution < -0.4 is 9.62 Å². The standard InChI is InChI=1S/C18H18Cl2N2O3S/c1-3-8-21-18(23)12-22(16-10-14(19)9-15(20)11-16)26(24,25)17-6-4-13(2)5-7-17/h3-7,9-11H,1,8,12H2,2H3,(H,21,23). The maximum Gasteiger partial charge on any atom is 0.264 e. The highest BCUT2D eigenvalue weighted by molar-refractivity contribution is 7.92. The number of hydrogen-bond acceptors (Lipinski definition) is 3. The summed E-state index contributed by atoms with van der Waals surface area (Å²) in [5.41, 5.74) is 1.13. The number of benzene rings is 2. The van der Waals surface area contributed by atoms with Crippen molar-refractivity contribution in [2.24, 2.45) is 0 Å². The zero-order valence-electron chi connectivity index (χ0n) is 14.1. The van der Waals surface area contributed by atoms with Crippen molar-refractivity contribution in [1.29, 1.82) is 0 Å². The molecule has 138 valence electrons. The van der Waals surface area contributed by atoms with Crippen molar-refractivity contribution >= 4 is 44.8 Å². The molecule has 0 radical (unpaired) electrons. The Kier molecular flexibility index (Phi) is 6.69. The van der Waals surface area contributed by atoms with E-state index in [1.807, 2.05) is 6.92 Å². The lowest BCUT2D eigenvalue weighted by molar-refractivity contribution is -0.119. The van der Waals surface area contributed by atoms with Gasteiger partial charge < -0.3 is 5.32 Å². The van der Waals surface area contributed by atoms with Gasteiger partial charge in [0.2, 0.25) is 5.91 Å². The molecule has 0 atom stereocenters. The van der Waals surface area contributed by atoms with Crippen LogP contribution in [-0.2, 0) is 14.8 Å². The Labute approximate surface area is 163 Å². The number of halogens is 2. The summed E-state index contributed by atoms with van der Waals surface area (Å²) in [5, 5.41) is 3.10.